The lowest BCUT2D eigenvalue weighted by Gasteiger charge is -2.32. The van der Waals surface area contributed by atoms with Crippen LogP contribution >= 0.6 is 0 Å². The lowest BCUT2D eigenvalue weighted by molar-refractivity contribution is 0.177. The summed E-state index contributed by atoms with van der Waals surface area (Å²) in [5.74, 6) is 0. The summed E-state index contributed by atoms with van der Waals surface area (Å²) in [7, 11) is 0. The fourth-order valence-corrected chi connectivity index (χ4v) is 3.32. The molecule has 0 radical (unpaired) electrons. The van der Waals surface area contributed by atoms with Crippen molar-refractivity contribution in [3.05, 3.63) is 35.9 Å². The normalized spacial score (nSPS) is 25.6. The molecule has 1 aromatic rings. The van der Waals surface area contributed by atoms with Crippen LogP contribution < -0.4 is 5.32 Å². The maximum Gasteiger partial charge on any atom is 0.0449 e. The molecule has 19 heavy (non-hydrogen) atoms. The Bertz CT molecular complexity index is 363. The first-order chi connectivity index (χ1) is 9.26. The number of likely N-dealkylation sites (tertiary alicyclic amines) is 1. The second-order valence-corrected chi connectivity index (χ2v) is 5.71. The van der Waals surface area contributed by atoms with Crippen molar-refractivity contribution in [2.45, 2.75) is 58.2 Å². The molecule has 0 spiro atoms. The maximum atomic E-state index is 3.65. The fourth-order valence-electron chi connectivity index (χ4n) is 3.32. The van der Waals surface area contributed by atoms with Gasteiger partial charge >= 0.3 is 0 Å². The molecule has 1 N–H and O–H groups in total. The van der Waals surface area contributed by atoms with Gasteiger partial charge in [0.05, 0.1) is 0 Å². The lowest BCUT2D eigenvalue weighted by atomic mass is 10.1. The number of benzene rings is 1. The molecule has 2 rings (SSSR count). The van der Waals surface area contributed by atoms with Gasteiger partial charge in [-0.3, -0.25) is 4.90 Å². The Morgan fingerprint density at radius 3 is 2.58 bits per heavy atom. The van der Waals surface area contributed by atoms with E-state index in [-0.39, 0.29) is 0 Å². The van der Waals surface area contributed by atoms with Crippen LogP contribution in [0.2, 0.25) is 0 Å². The van der Waals surface area contributed by atoms with Crippen LogP contribution in [0.25, 0.3) is 0 Å². The van der Waals surface area contributed by atoms with Gasteiger partial charge in [0.2, 0.25) is 0 Å². The predicted octanol–water partition coefficient (Wildman–Crippen LogP) is 3.60. The molecule has 0 bridgehead atoms. The third-order valence-corrected chi connectivity index (χ3v) is 4.47. The summed E-state index contributed by atoms with van der Waals surface area (Å²) >= 11 is 0. The van der Waals surface area contributed by atoms with Gasteiger partial charge in [-0.25, -0.2) is 0 Å². The van der Waals surface area contributed by atoms with Crippen LogP contribution in [-0.2, 0) is 0 Å². The minimum atomic E-state index is 0.459. The number of hydrogen-bond acceptors (Lipinski definition) is 2. The second kappa shape index (κ2) is 7.06. The van der Waals surface area contributed by atoms with Crippen LogP contribution in [0.5, 0.6) is 0 Å². The Labute approximate surface area is 118 Å². The molecule has 3 atom stereocenters. The Morgan fingerprint density at radius 1 is 1.21 bits per heavy atom. The number of hydrogen-bond donors (Lipinski definition) is 1. The van der Waals surface area contributed by atoms with Gasteiger partial charge < -0.3 is 5.32 Å². The van der Waals surface area contributed by atoms with Gasteiger partial charge in [-0.1, -0.05) is 44.2 Å². The fraction of sp³-hybridized carbons (Fsp3) is 0.647. The Morgan fingerprint density at radius 2 is 1.95 bits per heavy atom. The van der Waals surface area contributed by atoms with Crippen molar-refractivity contribution in [3.8, 4) is 0 Å². The summed E-state index contributed by atoms with van der Waals surface area (Å²) in [6, 6.07) is 12.8. The highest BCUT2D eigenvalue weighted by molar-refractivity contribution is 5.19. The smallest absolute Gasteiger partial charge is 0.0449 e. The number of likely N-dealkylation sites (N-methyl/N-ethyl adjacent to an activating group) is 1. The maximum absolute atomic E-state index is 3.65. The zero-order valence-corrected chi connectivity index (χ0v) is 12.6. The predicted molar refractivity (Wildman–Crippen MR) is 82.3 cm³/mol. The zero-order valence-electron chi connectivity index (χ0n) is 12.6. The number of rotatable bonds is 6. The topological polar surface area (TPSA) is 15.3 Å². The van der Waals surface area contributed by atoms with Crippen molar-refractivity contribution in [1.82, 2.24) is 10.2 Å². The molecular formula is C17H28N2. The van der Waals surface area contributed by atoms with E-state index in [9.17, 15) is 0 Å². The highest BCUT2D eigenvalue weighted by Gasteiger charge is 2.30. The van der Waals surface area contributed by atoms with E-state index in [0.29, 0.717) is 6.04 Å². The molecule has 106 valence electrons. The van der Waals surface area contributed by atoms with Crippen LogP contribution in [0.4, 0.5) is 0 Å². The monoisotopic (exact) mass is 260 g/mol. The van der Waals surface area contributed by atoms with E-state index in [1.807, 2.05) is 0 Å². The summed E-state index contributed by atoms with van der Waals surface area (Å²) in [5.41, 5.74) is 1.42. The molecule has 1 aliphatic rings. The highest BCUT2D eigenvalue weighted by atomic mass is 15.2. The van der Waals surface area contributed by atoms with Crippen molar-refractivity contribution < 1.29 is 0 Å². The summed E-state index contributed by atoms with van der Waals surface area (Å²) < 4.78 is 0. The molecule has 0 saturated carbocycles. The van der Waals surface area contributed by atoms with Gasteiger partial charge in [-0.2, -0.15) is 0 Å². The molecule has 1 aromatic carbocycles. The Hall–Kier alpha value is -0.860. The van der Waals surface area contributed by atoms with Crippen molar-refractivity contribution in [3.63, 3.8) is 0 Å². The minimum Gasteiger partial charge on any atom is -0.309 e. The summed E-state index contributed by atoms with van der Waals surface area (Å²) in [4.78, 5) is 2.71. The molecule has 1 heterocycles. The third kappa shape index (κ3) is 3.58. The van der Waals surface area contributed by atoms with E-state index >= 15 is 0 Å². The van der Waals surface area contributed by atoms with E-state index in [1.54, 1.807) is 0 Å². The Balaban J connectivity index is 2.08. The van der Waals surface area contributed by atoms with Gasteiger partial charge in [-0.15, -0.1) is 0 Å². The van der Waals surface area contributed by atoms with E-state index < -0.39 is 0 Å². The second-order valence-electron chi connectivity index (χ2n) is 5.71. The summed E-state index contributed by atoms with van der Waals surface area (Å²) in [6.45, 7) is 9.06. The SMILES string of the molecule is CCNC(CN1C(C)CCC1CC)c1ccccc1. The molecule has 0 aromatic heterocycles. The van der Waals surface area contributed by atoms with Gasteiger partial charge in [-0.05, 0) is 38.3 Å². The van der Waals surface area contributed by atoms with Crippen LogP contribution in [0, 0.1) is 0 Å². The van der Waals surface area contributed by atoms with Crippen molar-refractivity contribution in [2.24, 2.45) is 0 Å². The third-order valence-electron chi connectivity index (χ3n) is 4.47. The van der Waals surface area contributed by atoms with Crippen LogP contribution in [0.1, 0.15) is 51.6 Å². The van der Waals surface area contributed by atoms with Gasteiger partial charge in [0.15, 0.2) is 0 Å². The van der Waals surface area contributed by atoms with Gasteiger partial charge in [0.1, 0.15) is 0 Å². The molecule has 1 fully saturated rings. The molecule has 0 aliphatic carbocycles. The van der Waals surface area contributed by atoms with Crippen LogP contribution in [0.3, 0.4) is 0 Å². The van der Waals surface area contributed by atoms with Crippen LogP contribution in [0.15, 0.2) is 30.3 Å². The van der Waals surface area contributed by atoms with Crippen LogP contribution in [-0.4, -0.2) is 30.1 Å². The number of nitrogens with one attached hydrogen (secondary N) is 1. The first-order valence-electron chi connectivity index (χ1n) is 7.80. The first-order valence-corrected chi connectivity index (χ1v) is 7.80. The van der Waals surface area contributed by atoms with Crippen molar-refractivity contribution >= 4 is 0 Å². The van der Waals surface area contributed by atoms with E-state index in [0.717, 1.165) is 25.2 Å². The zero-order chi connectivity index (χ0) is 13.7. The standard InChI is InChI=1S/C17H28N2/c1-4-16-12-11-14(3)19(16)13-17(18-5-2)15-9-7-6-8-10-15/h6-10,14,16-18H,4-5,11-13H2,1-3H3. The Kier molecular flexibility index (Phi) is 5.41. The van der Waals surface area contributed by atoms with Crippen molar-refractivity contribution in [1.29, 1.82) is 0 Å². The quantitative estimate of drug-likeness (QED) is 0.840. The molecule has 1 aliphatic heterocycles. The minimum absolute atomic E-state index is 0.459. The van der Waals surface area contributed by atoms with E-state index in [4.69, 9.17) is 0 Å². The van der Waals surface area contributed by atoms with E-state index in [1.165, 1.54) is 24.8 Å². The first kappa shape index (κ1) is 14.5. The molecule has 2 nitrogen and oxygen atoms in total. The van der Waals surface area contributed by atoms with E-state index in [2.05, 4.69) is 61.3 Å². The molecular weight excluding hydrogens is 232 g/mol. The molecule has 3 unspecified atom stereocenters. The van der Waals surface area contributed by atoms with Crippen molar-refractivity contribution in [2.75, 3.05) is 13.1 Å². The number of nitrogens with zero attached hydrogens (tertiary/aromatic N) is 1. The molecule has 1 saturated heterocycles. The molecule has 2 heteroatoms. The average Bonchev–Trinajstić information content (AvgIpc) is 2.80. The largest absolute Gasteiger partial charge is 0.309 e. The van der Waals surface area contributed by atoms with Gasteiger partial charge in [0, 0.05) is 24.7 Å². The average molecular weight is 260 g/mol. The molecule has 0 amide bonds. The highest BCUT2D eigenvalue weighted by Crippen LogP contribution is 2.28. The van der Waals surface area contributed by atoms with Gasteiger partial charge in [0.25, 0.3) is 0 Å². The summed E-state index contributed by atoms with van der Waals surface area (Å²) in [6.07, 6.45) is 4.00. The lowest BCUT2D eigenvalue weighted by Crippen LogP contribution is -2.41. The summed E-state index contributed by atoms with van der Waals surface area (Å²) in [5, 5.41) is 3.65.